The van der Waals surface area contributed by atoms with Crippen molar-refractivity contribution in [2.75, 3.05) is 7.05 Å². The van der Waals surface area contributed by atoms with E-state index in [1.54, 1.807) is 11.9 Å². The number of nitrogens with one attached hydrogen (secondary N) is 2. The van der Waals surface area contributed by atoms with Crippen LogP contribution in [0.25, 0.3) is 0 Å². The van der Waals surface area contributed by atoms with Crippen LogP contribution < -0.4 is 0 Å². The summed E-state index contributed by atoms with van der Waals surface area (Å²) < 4.78 is 1.05. The normalized spacial score (nSPS) is 22.1. The van der Waals surface area contributed by atoms with Crippen LogP contribution in [-0.4, -0.2) is 24.1 Å². The number of benzene rings is 1. The summed E-state index contributed by atoms with van der Waals surface area (Å²) in [4.78, 5) is 1.58. The first-order valence-corrected chi connectivity index (χ1v) is 6.39. The van der Waals surface area contributed by atoms with E-state index in [1.807, 2.05) is 0 Å². The van der Waals surface area contributed by atoms with Gasteiger partial charge < -0.3 is 4.90 Å². The number of fused-ring (bicyclic) bond motifs is 1. The molecule has 1 atom stereocenters. The summed E-state index contributed by atoms with van der Waals surface area (Å²) in [6.45, 7) is 2.09. The van der Waals surface area contributed by atoms with E-state index in [1.165, 1.54) is 17.5 Å². The van der Waals surface area contributed by atoms with Crippen LogP contribution in [0.1, 0.15) is 24.5 Å². The van der Waals surface area contributed by atoms with Gasteiger partial charge in [0, 0.05) is 11.5 Å². The SMILES string of the molecule is CN(C=N)C(=N)C1(C)CCc2ccc(Br)cc21. The van der Waals surface area contributed by atoms with Gasteiger partial charge in [0.1, 0.15) is 5.84 Å². The predicted octanol–water partition coefficient (Wildman–Crippen LogP) is 3.17. The molecule has 0 heterocycles. The lowest BCUT2D eigenvalue weighted by Gasteiger charge is -2.30. The number of hydrogen-bond donors (Lipinski definition) is 2. The molecule has 4 heteroatoms. The maximum atomic E-state index is 8.25. The highest BCUT2D eigenvalue weighted by atomic mass is 79.9. The Kier molecular flexibility index (Phi) is 3.08. The number of amidine groups is 1. The van der Waals surface area contributed by atoms with Crippen molar-refractivity contribution in [3.63, 3.8) is 0 Å². The zero-order chi connectivity index (χ0) is 12.6. The van der Waals surface area contributed by atoms with Gasteiger partial charge in [-0.15, -0.1) is 0 Å². The van der Waals surface area contributed by atoms with Crippen LogP contribution >= 0.6 is 15.9 Å². The minimum absolute atomic E-state index is 0.272. The minimum atomic E-state index is -0.272. The predicted molar refractivity (Wildman–Crippen MR) is 74.1 cm³/mol. The van der Waals surface area contributed by atoms with E-state index in [4.69, 9.17) is 10.8 Å². The van der Waals surface area contributed by atoms with E-state index in [2.05, 4.69) is 41.1 Å². The Labute approximate surface area is 110 Å². The number of hydrogen-bond acceptors (Lipinski definition) is 2. The number of likely N-dealkylation sites (N-methyl/N-ethyl adjacent to an activating group) is 1. The van der Waals surface area contributed by atoms with Crippen molar-refractivity contribution in [1.82, 2.24) is 4.90 Å². The molecule has 1 aromatic rings. The van der Waals surface area contributed by atoms with Gasteiger partial charge in [-0.25, -0.2) is 0 Å². The summed E-state index contributed by atoms with van der Waals surface area (Å²) in [7, 11) is 1.76. The van der Waals surface area contributed by atoms with Crippen molar-refractivity contribution in [3.05, 3.63) is 33.8 Å². The number of halogens is 1. The molecular weight excluding hydrogens is 278 g/mol. The standard InChI is InChI=1S/C13H16BrN3/c1-13(12(16)17(2)8-15)6-5-9-3-4-10(14)7-11(9)13/h3-4,7-8,15-16H,5-6H2,1-2H3. The number of aryl methyl sites for hydroxylation is 1. The van der Waals surface area contributed by atoms with Gasteiger partial charge in [-0.3, -0.25) is 10.8 Å². The topological polar surface area (TPSA) is 50.9 Å². The van der Waals surface area contributed by atoms with Gasteiger partial charge in [0.05, 0.1) is 11.8 Å². The summed E-state index contributed by atoms with van der Waals surface area (Å²) in [6, 6.07) is 6.28. The third kappa shape index (κ3) is 1.90. The number of rotatable bonds is 2. The van der Waals surface area contributed by atoms with Crippen LogP contribution in [0.15, 0.2) is 22.7 Å². The first-order valence-electron chi connectivity index (χ1n) is 5.60. The third-order valence-corrected chi connectivity index (χ3v) is 4.12. The second-order valence-electron chi connectivity index (χ2n) is 4.72. The molecule has 0 bridgehead atoms. The molecule has 1 unspecified atom stereocenters. The fraction of sp³-hybridized carbons (Fsp3) is 0.385. The van der Waals surface area contributed by atoms with Gasteiger partial charge in [0.25, 0.3) is 0 Å². The van der Waals surface area contributed by atoms with Crippen LogP contribution in [0.3, 0.4) is 0 Å². The third-order valence-electron chi connectivity index (χ3n) is 3.63. The Morgan fingerprint density at radius 2 is 2.24 bits per heavy atom. The monoisotopic (exact) mass is 293 g/mol. The van der Waals surface area contributed by atoms with Crippen molar-refractivity contribution in [2.45, 2.75) is 25.2 Å². The maximum Gasteiger partial charge on any atom is 0.111 e. The van der Waals surface area contributed by atoms with Crippen molar-refractivity contribution in [2.24, 2.45) is 0 Å². The maximum absolute atomic E-state index is 8.25. The molecule has 1 aliphatic rings. The molecule has 2 rings (SSSR count). The molecule has 1 aromatic carbocycles. The van der Waals surface area contributed by atoms with E-state index in [9.17, 15) is 0 Å². The minimum Gasteiger partial charge on any atom is -0.324 e. The van der Waals surface area contributed by atoms with Crippen LogP contribution in [-0.2, 0) is 11.8 Å². The smallest absolute Gasteiger partial charge is 0.111 e. The molecule has 0 spiro atoms. The summed E-state index contributed by atoms with van der Waals surface area (Å²) in [6.07, 6.45) is 3.15. The molecular formula is C13H16BrN3. The van der Waals surface area contributed by atoms with Crippen molar-refractivity contribution < 1.29 is 0 Å². The van der Waals surface area contributed by atoms with Crippen molar-refractivity contribution in [3.8, 4) is 0 Å². The van der Waals surface area contributed by atoms with E-state index in [0.717, 1.165) is 17.3 Å². The lowest BCUT2D eigenvalue weighted by atomic mass is 9.82. The average molecular weight is 294 g/mol. The molecule has 17 heavy (non-hydrogen) atoms. The van der Waals surface area contributed by atoms with Crippen LogP contribution in [0.5, 0.6) is 0 Å². The first kappa shape index (κ1) is 12.3. The van der Waals surface area contributed by atoms with E-state index < -0.39 is 0 Å². The van der Waals surface area contributed by atoms with E-state index >= 15 is 0 Å². The summed E-state index contributed by atoms with van der Waals surface area (Å²) >= 11 is 3.49. The van der Waals surface area contributed by atoms with Gasteiger partial charge in [-0.2, -0.15) is 0 Å². The number of nitrogens with zero attached hydrogens (tertiary/aromatic N) is 1. The first-order chi connectivity index (χ1) is 7.99. The van der Waals surface area contributed by atoms with Crippen LogP contribution in [0.2, 0.25) is 0 Å². The molecule has 0 aromatic heterocycles. The van der Waals surface area contributed by atoms with Crippen LogP contribution in [0.4, 0.5) is 0 Å². The Morgan fingerprint density at radius 3 is 2.88 bits per heavy atom. The molecule has 0 saturated heterocycles. The summed E-state index contributed by atoms with van der Waals surface area (Å²) in [5.41, 5.74) is 2.26. The zero-order valence-electron chi connectivity index (χ0n) is 10.0. The molecule has 2 N–H and O–H groups in total. The van der Waals surface area contributed by atoms with Crippen molar-refractivity contribution in [1.29, 1.82) is 10.8 Å². The molecule has 0 saturated carbocycles. The molecule has 0 radical (unpaired) electrons. The van der Waals surface area contributed by atoms with Gasteiger partial charge in [-0.05, 0) is 43.0 Å². The van der Waals surface area contributed by atoms with E-state index in [0.29, 0.717) is 5.84 Å². The quantitative estimate of drug-likeness (QED) is 0.639. The second kappa shape index (κ2) is 4.26. The second-order valence-corrected chi connectivity index (χ2v) is 5.64. The zero-order valence-corrected chi connectivity index (χ0v) is 11.6. The van der Waals surface area contributed by atoms with Gasteiger partial charge in [0.15, 0.2) is 0 Å². The van der Waals surface area contributed by atoms with Gasteiger partial charge in [-0.1, -0.05) is 22.0 Å². The van der Waals surface area contributed by atoms with E-state index in [-0.39, 0.29) is 5.41 Å². The lowest BCUT2D eigenvalue weighted by Crippen LogP contribution is -2.40. The fourth-order valence-corrected chi connectivity index (χ4v) is 2.86. The van der Waals surface area contributed by atoms with Gasteiger partial charge >= 0.3 is 0 Å². The summed E-state index contributed by atoms with van der Waals surface area (Å²) in [5, 5.41) is 15.5. The van der Waals surface area contributed by atoms with Crippen molar-refractivity contribution >= 4 is 28.1 Å². The largest absolute Gasteiger partial charge is 0.324 e. The molecule has 0 aliphatic heterocycles. The Hall–Kier alpha value is -1.16. The highest BCUT2D eigenvalue weighted by Gasteiger charge is 2.39. The summed E-state index contributed by atoms with van der Waals surface area (Å²) in [5.74, 6) is 0.490. The Balaban J connectivity index is 2.46. The molecule has 0 fully saturated rings. The lowest BCUT2D eigenvalue weighted by molar-refractivity contribution is 0.557. The molecule has 3 nitrogen and oxygen atoms in total. The average Bonchev–Trinajstić information content (AvgIpc) is 2.66. The molecule has 90 valence electrons. The highest BCUT2D eigenvalue weighted by Crippen LogP contribution is 2.41. The fourth-order valence-electron chi connectivity index (χ4n) is 2.50. The Morgan fingerprint density at radius 1 is 1.53 bits per heavy atom. The molecule has 1 aliphatic carbocycles. The van der Waals surface area contributed by atoms with Gasteiger partial charge in [0.2, 0.25) is 0 Å². The Bertz CT molecular complexity index is 484. The molecule has 0 amide bonds. The van der Waals surface area contributed by atoms with Crippen LogP contribution in [0, 0.1) is 10.8 Å². The highest BCUT2D eigenvalue weighted by molar-refractivity contribution is 9.10.